The van der Waals surface area contributed by atoms with Crippen LogP contribution in [0.5, 0.6) is 0 Å². The molecule has 0 spiro atoms. The van der Waals surface area contributed by atoms with Crippen molar-refractivity contribution in [2.75, 3.05) is 5.75 Å². The summed E-state index contributed by atoms with van der Waals surface area (Å²) in [5.74, 6) is -1.16. The molecule has 0 aliphatic carbocycles. The highest BCUT2D eigenvalue weighted by Gasteiger charge is 2.04. The van der Waals surface area contributed by atoms with Crippen molar-refractivity contribution in [2.24, 2.45) is 0 Å². The molecule has 0 amide bonds. The van der Waals surface area contributed by atoms with Gasteiger partial charge in [-0.05, 0) is 6.92 Å². The molecule has 0 aromatic rings. The van der Waals surface area contributed by atoms with E-state index in [4.69, 9.17) is 5.11 Å². The van der Waals surface area contributed by atoms with Gasteiger partial charge < -0.3 is 9.29 Å². The minimum Gasteiger partial charge on any atom is -0.481 e. The summed E-state index contributed by atoms with van der Waals surface area (Å²) in [4.78, 5) is 20.7. The van der Waals surface area contributed by atoms with Crippen molar-refractivity contribution in [1.82, 2.24) is 0 Å². The van der Waals surface area contributed by atoms with Crippen LogP contribution in [0.2, 0.25) is 0 Å². The first kappa shape index (κ1) is 11.0. The Labute approximate surface area is 74.8 Å². The van der Waals surface area contributed by atoms with Gasteiger partial charge in [0, 0.05) is 11.3 Å². The lowest BCUT2D eigenvalue weighted by Gasteiger charge is -1.99. The maximum atomic E-state index is 10.7. The van der Waals surface area contributed by atoms with Gasteiger partial charge in [0.15, 0.2) is 0 Å². The van der Waals surface area contributed by atoms with Crippen molar-refractivity contribution in [3.8, 4) is 0 Å². The number of carbonyl (C=O) groups excluding carboxylic acids is 1. The van der Waals surface area contributed by atoms with E-state index in [1.54, 1.807) is 0 Å². The minimum atomic E-state index is -0.908. The van der Waals surface area contributed by atoms with E-state index in [9.17, 15) is 9.59 Å². The van der Waals surface area contributed by atoms with Crippen molar-refractivity contribution in [3.63, 3.8) is 0 Å². The van der Waals surface area contributed by atoms with E-state index < -0.39 is 11.9 Å². The van der Waals surface area contributed by atoms with Crippen LogP contribution in [0.15, 0.2) is 12.2 Å². The molecular weight excluding hydrogens is 180 g/mol. The van der Waals surface area contributed by atoms with Crippen LogP contribution in [0, 0.1) is 0 Å². The van der Waals surface area contributed by atoms with E-state index in [1.165, 1.54) is 6.92 Å². The lowest BCUT2D eigenvalue weighted by atomic mass is 10.4. The van der Waals surface area contributed by atoms with E-state index in [2.05, 4.69) is 10.8 Å². The van der Waals surface area contributed by atoms with Gasteiger partial charge in [-0.2, -0.15) is 0 Å². The number of hydrogen-bond acceptors (Lipinski definition) is 4. The second kappa shape index (κ2) is 5.65. The van der Waals surface area contributed by atoms with Crippen LogP contribution in [0.1, 0.15) is 13.3 Å². The molecule has 0 bridgehead atoms. The molecule has 0 radical (unpaired) electrons. The average molecular weight is 190 g/mol. The Balaban J connectivity index is 3.38. The molecule has 0 aliphatic rings. The van der Waals surface area contributed by atoms with Gasteiger partial charge in [-0.1, -0.05) is 6.58 Å². The van der Waals surface area contributed by atoms with Crippen molar-refractivity contribution in [3.05, 3.63) is 12.2 Å². The lowest BCUT2D eigenvalue weighted by molar-refractivity contribution is -0.136. The van der Waals surface area contributed by atoms with Gasteiger partial charge in [-0.25, -0.2) is 4.79 Å². The molecule has 68 valence electrons. The van der Waals surface area contributed by atoms with Crippen LogP contribution in [0.25, 0.3) is 0 Å². The summed E-state index contributed by atoms with van der Waals surface area (Å²) in [5, 5.41) is 8.22. The predicted octanol–water partition coefficient (Wildman–Crippen LogP) is 1.23. The number of carboxylic acids is 1. The first-order valence-electron chi connectivity index (χ1n) is 3.25. The van der Waals surface area contributed by atoms with Gasteiger partial charge in [-0.3, -0.25) is 4.79 Å². The third kappa shape index (κ3) is 5.79. The molecule has 0 atom stereocenters. The first-order chi connectivity index (χ1) is 5.54. The molecule has 1 N–H and O–H groups in total. The quantitative estimate of drug-likeness (QED) is 0.401. The smallest absolute Gasteiger partial charge is 0.345 e. The maximum absolute atomic E-state index is 10.7. The molecule has 0 rings (SSSR count). The van der Waals surface area contributed by atoms with Gasteiger partial charge in [0.2, 0.25) is 0 Å². The number of carboxylic acid groups (broad SMARTS) is 1. The molecule has 4 nitrogen and oxygen atoms in total. The van der Waals surface area contributed by atoms with E-state index in [0.29, 0.717) is 5.57 Å². The van der Waals surface area contributed by atoms with Gasteiger partial charge in [0.05, 0.1) is 18.5 Å². The zero-order valence-corrected chi connectivity index (χ0v) is 7.52. The molecule has 0 fully saturated rings. The molecule has 0 saturated carbocycles. The summed E-state index contributed by atoms with van der Waals surface area (Å²) in [6, 6.07) is 0. The van der Waals surface area contributed by atoms with Crippen molar-refractivity contribution < 1.29 is 18.9 Å². The monoisotopic (exact) mass is 190 g/mol. The normalized spacial score (nSPS) is 9.08. The fourth-order valence-corrected chi connectivity index (χ4v) is 0.886. The lowest BCUT2D eigenvalue weighted by Crippen LogP contribution is -2.01. The Morgan fingerprint density at radius 3 is 2.58 bits per heavy atom. The zero-order chi connectivity index (χ0) is 9.56. The van der Waals surface area contributed by atoms with E-state index in [1.807, 2.05) is 0 Å². The molecular formula is C7H10O4S. The van der Waals surface area contributed by atoms with Gasteiger partial charge in [0.25, 0.3) is 0 Å². The summed E-state index contributed by atoms with van der Waals surface area (Å²) in [6.07, 6.45) is -0.0197. The van der Waals surface area contributed by atoms with Crippen LogP contribution in [0.4, 0.5) is 0 Å². The number of rotatable bonds is 5. The highest BCUT2D eigenvalue weighted by molar-refractivity contribution is 7.95. The fraction of sp³-hybridized carbons (Fsp3) is 0.429. The molecule has 0 saturated heterocycles. The largest absolute Gasteiger partial charge is 0.481 e. The van der Waals surface area contributed by atoms with E-state index >= 15 is 0 Å². The van der Waals surface area contributed by atoms with Crippen LogP contribution < -0.4 is 0 Å². The van der Waals surface area contributed by atoms with Gasteiger partial charge in [0.1, 0.15) is 0 Å². The highest BCUT2D eigenvalue weighted by atomic mass is 32.2. The molecule has 5 heteroatoms. The second-order valence-corrected chi connectivity index (χ2v) is 2.93. The zero-order valence-electron chi connectivity index (χ0n) is 6.70. The van der Waals surface area contributed by atoms with E-state index in [0.717, 1.165) is 12.0 Å². The fourth-order valence-electron chi connectivity index (χ4n) is 0.295. The molecule has 0 unspecified atom stereocenters. The Morgan fingerprint density at radius 1 is 1.58 bits per heavy atom. The average Bonchev–Trinajstić information content (AvgIpc) is 1.97. The predicted molar refractivity (Wildman–Crippen MR) is 45.6 cm³/mol. The highest BCUT2D eigenvalue weighted by Crippen LogP contribution is 2.07. The van der Waals surface area contributed by atoms with Crippen LogP contribution in [-0.4, -0.2) is 22.8 Å². The third-order valence-electron chi connectivity index (χ3n) is 0.882. The summed E-state index contributed by atoms with van der Waals surface area (Å²) in [6.45, 7) is 4.89. The Kier molecular flexibility index (Phi) is 5.19. The summed E-state index contributed by atoms with van der Waals surface area (Å²) in [7, 11) is 0. The van der Waals surface area contributed by atoms with Crippen molar-refractivity contribution in [1.29, 1.82) is 0 Å². The molecule has 0 aromatic carbocycles. The number of carbonyl (C=O) groups is 2. The van der Waals surface area contributed by atoms with Crippen molar-refractivity contribution in [2.45, 2.75) is 13.3 Å². The van der Waals surface area contributed by atoms with Crippen LogP contribution in [0.3, 0.4) is 0 Å². The Bertz CT molecular complexity index is 200. The first-order valence-corrected chi connectivity index (χ1v) is 4.16. The van der Waals surface area contributed by atoms with Gasteiger partial charge >= 0.3 is 11.9 Å². The van der Waals surface area contributed by atoms with E-state index in [-0.39, 0.29) is 12.2 Å². The topological polar surface area (TPSA) is 63.6 Å². The minimum absolute atomic E-state index is 0.0197. The molecule has 0 heterocycles. The molecule has 0 aromatic heterocycles. The summed E-state index contributed by atoms with van der Waals surface area (Å²) < 4.78 is 4.57. The summed E-state index contributed by atoms with van der Waals surface area (Å²) >= 11 is 0.827. The second-order valence-electron chi connectivity index (χ2n) is 2.12. The van der Waals surface area contributed by atoms with Crippen LogP contribution in [-0.2, 0) is 13.8 Å². The summed E-state index contributed by atoms with van der Waals surface area (Å²) in [5.41, 5.74) is 0.304. The van der Waals surface area contributed by atoms with Crippen molar-refractivity contribution >= 4 is 24.0 Å². The standard InChI is InChI=1S/C7H10O4S/c1-5(2)7(10)11-12-4-3-6(8)9/h1,3-4H2,2H3,(H,8,9). The Hall–Kier alpha value is -0.970. The SMILES string of the molecule is C=C(C)C(=O)OSCCC(=O)O. The van der Waals surface area contributed by atoms with Gasteiger partial charge in [-0.15, -0.1) is 0 Å². The molecule has 0 aliphatic heterocycles. The third-order valence-corrected chi connectivity index (χ3v) is 1.52. The van der Waals surface area contributed by atoms with Crippen LogP contribution >= 0.6 is 12.0 Å². The number of aliphatic carboxylic acids is 1. The maximum Gasteiger partial charge on any atom is 0.345 e. The Morgan fingerprint density at radius 2 is 2.17 bits per heavy atom. The molecule has 12 heavy (non-hydrogen) atoms. The number of hydrogen-bond donors (Lipinski definition) is 1.